The van der Waals surface area contributed by atoms with E-state index in [1.54, 1.807) is 16.4 Å². The Bertz CT molecular complexity index is 782. The number of nitrogens with zero attached hydrogens (tertiary/aromatic N) is 2. The zero-order chi connectivity index (χ0) is 18.1. The lowest BCUT2D eigenvalue weighted by atomic mass is 10.0. The summed E-state index contributed by atoms with van der Waals surface area (Å²) in [4.78, 5) is 14.2. The number of carbonyl (C=O) groups is 1. The SMILES string of the molecule is O=C1COc2ccc(S(=O)(=O)N3CCC(N4CCCCC4)CC3)cc2N1. The Kier molecular flexibility index (Phi) is 4.90. The molecule has 3 aliphatic heterocycles. The number of anilines is 1. The van der Waals surface area contributed by atoms with Crippen molar-refractivity contribution in [3.8, 4) is 5.75 Å². The Morgan fingerprint density at radius 2 is 1.77 bits per heavy atom. The van der Waals surface area contributed by atoms with E-state index < -0.39 is 10.0 Å². The molecule has 0 spiro atoms. The maximum absolute atomic E-state index is 13.0. The number of nitrogens with one attached hydrogen (secondary N) is 1. The summed E-state index contributed by atoms with van der Waals surface area (Å²) < 4.78 is 32.9. The number of carbonyl (C=O) groups excluding carboxylic acids is 1. The molecule has 0 aromatic heterocycles. The van der Waals surface area contributed by atoms with Gasteiger partial charge in [-0.2, -0.15) is 4.31 Å². The predicted molar refractivity (Wildman–Crippen MR) is 97.8 cm³/mol. The fraction of sp³-hybridized carbons (Fsp3) is 0.611. The highest BCUT2D eigenvalue weighted by molar-refractivity contribution is 7.89. The largest absolute Gasteiger partial charge is 0.482 e. The van der Waals surface area contributed by atoms with Crippen LogP contribution in [0.1, 0.15) is 32.1 Å². The fourth-order valence-electron chi connectivity index (χ4n) is 4.10. The summed E-state index contributed by atoms with van der Waals surface area (Å²) in [7, 11) is -3.56. The topological polar surface area (TPSA) is 79.0 Å². The van der Waals surface area contributed by atoms with Crippen LogP contribution in [0.3, 0.4) is 0 Å². The zero-order valence-corrected chi connectivity index (χ0v) is 15.6. The van der Waals surface area contributed by atoms with Crippen LogP contribution in [0.5, 0.6) is 5.75 Å². The minimum absolute atomic E-state index is 0.0386. The van der Waals surface area contributed by atoms with E-state index in [1.807, 2.05) is 0 Å². The van der Waals surface area contributed by atoms with Gasteiger partial charge >= 0.3 is 0 Å². The molecular formula is C18H25N3O4S. The summed E-state index contributed by atoms with van der Waals surface area (Å²) >= 11 is 0. The molecule has 142 valence electrons. The lowest BCUT2D eigenvalue weighted by Crippen LogP contribution is -2.48. The number of ether oxygens (including phenoxy) is 1. The number of sulfonamides is 1. The monoisotopic (exact) mass is 379 g/mol. The van der Waals surface area contributed by atoms with Gasteiger partial charge in [-0.25, -0.2) is 8.42 Å². The van der Waals surface area contributed by atoms with Crippen molar-refractivity contribution in [2.75, 3.05) is 38.1 Å². The van der Waals surface area contributed by atoms with Crippen LogP contribution in [-0.4, -0.2) is 62.4 Å². The third-order valence-electron chi connectivity index (χ3n) is 5.55. The average molecular weight is 379 g/mol. The van der Waals surface area contributed by atoms with E-state index in [-0.39, 0.29) is 17.4 Å². The van der Waals surface area contributed by atoms with Gasteiger partial charge in [0.1, 0.15) is 5.75 Å². The van der Waals surface area contributed by atoms with E-state index in [0.717, 1.165) is 25.9 Å². The van der Waals surface area contributed by atoms with Crippen molar-refractivity contribution >= 4 is 21.6 Å². The van der Waals surface area contributed by atoms with E-state index in [9.17, 15) is 13.2 Å². The standard InChI is InChI=1S/C18H25N3O4S/c22-18-13-25-17-5-4-15(12-16(17)19-18)26(23,24)21-10-6-14(7-11-21)20-8-2-1-3-9-20/h4-5,12,14H,1-3,6-11,13H2,(H,19,22). The molecule has 3 heterocycles. The quantitative estimate of drug-likeness (QED) is 0.864. The van der Waals surface area contributed by atoms with Crippen LogP contribution in [-0.2, 0) is 14.8 Å². The van der Waals surface area contributed by atoms with Gasteiger partial charge in [-0.05, 0) is 57.0 Å². The van der Waals surface area contributed by atoms with E-state index in [1.165, 1.54) is 25.3 Å². The first-order chi connectivity index (χ1) is 12.5. The average Bonchev–Trinajstić information content (AvgIpc) is 2.68. The molecule has 2 saturated heterocycles. The molecule has 0 saturated carbocycles. The molecule has 1 aromatic carbocycles. The van der Waals surface area contributed by atoms with E-state index in [4.69, 9.17) is 4.74 Å². The zero-order valence-electron chi connectivity index (χ0n) is 14.8. The molecule has 0 aliphatic carbocycles. The molecule has 1 amide bonds. The lowest BCUT2D eigenvalue weighted by Gasteiger charge is -2.39. The first kappa shape index (κ1) is 17.8. The lowest BCUT2D eigenvalue weighted by molar-refractivity contribution is -0.118. The third kappa shape index (κ3) is 3.45. The Balaban J connectivity index is 1.46. The Morgan fingerprint density at radius 1 is 1.04 bits per heavy atom. The number of fused-ring (bicyclic) bond motifs is 1. The van der Waals surface area contributed by atoms with Crippen LogP contribution >= 0.6 is 0 Å². The van der Waals surface area contributed by atoms with Gasteiger partial charge in [-0.15, -0.1) is 0 Å². The van der Waals surface area contributed by atoms with Crippen LogP contribution in [0.15, 0.2) is 23.1 Å². The number of rotatable bonds is 3. The maximum Gasteiger partial charge on any atom is 0.262 e. The van der Waals surface area contributed by atoms with Crippen molar-refractivity contribution in [3.05, 3.63) is 18.2 Å². The van der Waals surface area contributed by atoms with Crippen LogP contribution in [0.25, 0.3) is 0 Å². The Morgan fingerprint density at radius 3 is 2.50 bits per heavy atom. The van der Waals surface area contributed by atoms with Gasteiger partial charge < -0.3 is 15.0 Å². The van der Waals surface area contributed by atoms with Crippen molar-refractivity contribution in [2.45, 2.75) is 43.0 Å². The summed E-state index contributed by atoms with van der Waals surface area (Å²) in [5.74, 6) is 0.238. The van der Waals surface area contributed by atoms with Crippen LogP contribution in [0, 0.1) is 0 Å². The van der Waals surface area contributed by atoms with Crippen molar-refractivity contribution in [3.63, 3.8) is 0 Å². The summed E-state index contributed by atoms with van der Waals surface area (Å²) in [6, 6.07) is 5.17. The minimum atomic E-state index is -3.56. The minimum Gasteiger partial charge on any atom is -0.482 e. The number of piperidine rings is 2. The smallest absolute Gasteiger partial charge is 0.262 e. The fourth-order valence-corrected chi connectivity index (χ4v) is 5.60. The van der Waals surface area contributed by atoms with E-state index in [0.29, 0.717) is 30.6 Å². The molecule has 0 atom stereocenters. The second kappa shape index (κ2) is 7.17. The first-order valence-electron chi connectivity index (χ1n) is 9.35. The molecule has 8 heteroatoms. The normalized spacial score (nSPS) is 23.2. The molecule has 2 fully saturated rings. The number of benzene rings is 1. The maximum atomic E-state index is 13.0. The van der Waals surface area contributed by atoms with Crippen molar-refractivity contribution in [1.29, 1.82) is 0 Å². The molecule has 4 rings (SSSR count). The molecule has 26 heavy (non-hydrogen) atoms. The third-order valence-corrected chi connectivity index (χ3v) is 7.45. The molecule has 0 radical (unpaired) electrons. The van der Waals surface area contributed by atoms with Gasteiger partial charge in [-0.3, -0.25) is 4.79 Å². The van der Waals surface area contributed by atoms with Gasteiger partial charge in [0.05, 0.1) is 10.6 Å². The molecule has 0 bridgehead atoms. The van der Waals surface area contributed by atoms with Crippen molar-refractivity contribution in [2.24, 2.45) is 0 Å². The molecule has 0 unspecified atom stereocenters. The molecule has 7 nitrogen and oxygen atoms in total. The van der Waals surface area contributed by atoms with Gasteiger partial charge in [0.15, 0.2) is 6.61 Å². The van der Waals surface area contributed by atoms with Crippen molar-refractivity contribution < 1.29 is 17.9 Å². The Labute approximate surface area is 154 Å². The molecule has 3 aliphatic rings. The predicted octanol–water partition coefficient (Wildman–Crippen LogP) is 1.66. The van der Waals surface area contributed by atoms with Gasteiger partial charge in [0.2, 0.25) is 10.0 Å². The number of likely N-dealkylation sites (tertiary alicyclic amines) is 1. The number of amides is 1. The molecule has 1 N–H and O–H groups in total. The summed E-state index contributed by atoms with van der Waals surface area (Å²) in [6.07, 6.45) is 5.57. The first-order valence-corrected chi connectivity index (χ1v) is 10.8. The van der Waals surface area contributed by atoms with Crippen molar-refractivity contribution in [1.82, 2.24) is 9.21 Å². The van der Waals surface area contributed by atoms with Crippen LogP contribution in [0.4, 0.5) is 5.69 Å². The van der Waals surface area contributed by atoms with E-state index >= 15 is 0 Å². The molecular weight excluding hydrogens is 354 g/mol. The summed E-state index contributed by atoms with van der Waals surface area (Å²) in [5, 5.41) is 2.67. The highest BCUT2D eigenvalue weighted by Crippen LogP contribution is 2.32. The Hall–Kier alpha value is -1.64. The summed E-state index contributed by atoms with van der Waals surface area (Å²) in [6.45, 7) is 3.33. The van der Waals surface area contributed by atoms with E-state index in [2.05, 4.69) is 10.2 Å². The second-order valence-corrected chi connectivity index (χ2v) is 9.16. The molecule has 1 aromatic rings. The summed E-state index contributed by atoms with van der Waals surface area (Å²) in [5.41, 5.74) is 0.422. The van der Waals surface area contributed by atoms with Crippen LogP contribution < -0.4 is 10.1 Å². The van der Waals surface area contributed by atoms with Gasteiger partial charge in [0, 0.05) is 19.1 Å². The van der Waals surface area contributed by atoms with Crippen LogP contribution in [0.2, 0.25) is 0 Å². The highest BCUT2D eigenvalue weighted by atomic mass is 32.2. The number of hydrogen-bond acceptors (Lipinski definition) is 5. The van der Waals surface area contributed by atoms with Gasteiger partial charge in [-0.1, -0.05) is 6.42 Å². The number of hydrogen-bond donors (Lipinski definition) is 1. The van der Waals surface area contributed by atoms with Gasteiger partial charge in [0.25, 0.3) is 5.91 Å². The highest BCUT2D eigenvalue weighted by Gasteiger charge is 2.32. The second-order valence-electron chi connectivity index (χ2n) is 7.23.